The van der Waals surface area contributed by atoms with E-state index in [1.54, 1.807) is 12.1 Å². The molecule has 0 atom stereocenters. The van der Waals surface area contributed by atoms with E-state index in [1.165, 1.54) is 12.8 Å². The molecular formula is C23H29ClN2O3. The van der Waals surface area contributed by atoms with Gasteiger partial charge < -0.3 is 19.7 Å². The van der Waals surface area contributed by atoms with E-state index in [0.29, 0.717) is 23.1 Å². The van der Waals surface area contributed by atoms with Gasteiger partial charge in [-0.2, -0.15) is 0 Å². The van der Waals surface area contributed by atoms with E-state index in [-0.39, 0.29) is 12.5 Å². The van der Waals surface area contributed by atoms with Crippen molar-refractivity contribution in [2.24, 2.45) is 0 Å². The highest BCUT2D eigenvalue weighted by Gasteiger charge is 2.16. The van der Waals surface area contributed by atoms with Crippen molar-refractivity contribution in [1.82, 2.24) is 0 Å². The van der Waals surface area contributed by atoms with Gasteiger partial charge in [0.15, 0.2) is 18.1 Å². The molecule has 3 rings (SSSR count). The number of ether oxygens (including phenoxy) is 2. The predicted octanol–water partition coefficient (Wildman–Crippen LogP) is 5.53. The lowest BCUT2D eigenvalue weighted by molar-refractivity contribution is -0.118. The van der Waals surface area contributed by atoms with Gasteiger partial charge in [0.1, 0.15) is 0 Å². The zero-order valence-electron chi connectivity index (χ0n) is 17.0. The molecule has 29 heavy (non-hydrogen) atoms. The number of nitrogens with one attached hydrogen (secondary N) is 1. The van der Waals surface area contributed by atoms with E-state index in [2.05, 4.69) is 10.2 Å². The van der Waals surface area contributed by atoms with Gasteiger partial charge in [0.25, 0.3) is 5.91 Å². The molecule has 1 aliphatic heterocycles. The highest BCUT2D eigenvalue weighted by Crippen LogP contribution is 2.31. The Bertz CT molecular complexity index is 804. The summed E-state index contributed by atoms with van der Waals surface area (Å²) in [6.07, 6.45) is 5.72. The maximum atomic E-state index is 12.6. The Labute approximate surface area is 177 Å². The number of nitrogens with zero attached hydrogens (tertiary/aromatic N) is 1. The molecule has 156 valence electrons. The minimum absolute atomic E-state index is 0.0988. The number of para-hydroxylation sites is 2. The highest BCUT2D eigenvalue weighted by molar-refractivity contribution is 6.31. The smallest absolute Gasteiger partial charge is 0.262 e. The van der Waals surface area contributed by atoms with E-state index < -0.39 is 0 Å². The van der Waals surface area contributed by atoms with Crippen LogP contribution in [-0.4, -0.2) is 32.2 Å². The second-order valence-electron chi connectivity index (χ2n) is 7.19. The topological polar surface area (TPSA) is 50.8 Å². The van der Waals surface area contributed by atoms with Crippen molar-refractivity contribution in [3.05, 3.63) is 47.5 Å². The van der Waals surface area contributed by atoms with E-state index in [9.17, 15) is 4.79 Å². The van der Waals surface area contributed by atoms with Gasteiger partial charge in [-0.15, -0.1) is 0 Å². The summed E-state index contributed by atoms with van der Waals surface area (Å²) < 4.78 is 11.4. The van der Waals surface area contributed by atoms with Crippen molar-refractivity contribution in [2.45, 2.75) is 39.0 Å². The van der Waals surface area contributed by atoms with E-state index in [1.807, 2.05) is 37.3 Å². The molecule has 6 heteroatoms. The van der Waals surface area contributed by atoms with Crippen LogP contribution in [0, 0.1) is 0 Å². The highest BCUT2D eigenvalue weighted by atomic mass is 35.5. The van der Waals surface area contributed by atoms with Gasteiger partial charge in [-0.3, -0.25) is 4.79 Å². The van der Waals surface area contributed by atoms with Crippen molar-refractivity contribution in [3.63, 3.8) is 0 Å². The van der Waals surface area contributed by atoms with Crippen LogP contribution in [0.5, 0.6) is 11.5 Å². The Morgan fingerprint density at radius 2 is 1.72 bits per heavy atom. The van der Waals surface area contributed by atoms with Crippen molar-refractivity contribution in [1.29, 1.82) is 0 Å². The summed E-state index contributed by atoms with van der Waals surface area (Å²) in [7, 11) is 0. The maximum Gasteiger partial charge on any atom is 0.262 e. The number of anilines is 2. The average molecular weight is 417 g/mol. The second-order valence-corrected chi connectivity index (χ2v) is 7.63. The monoisotopic (exact) mass is 416 g/mol. The zero-order chi connectivity index (χ0) is 20.5. The van der Waals surface area contributed by atoms with Gasteiger partial charge in [-0.1, -0.05) is 43.5 Å². The number of amides is 1. The van der Waals surface area contributed by atoms with E-state index in [4.69, 9.17) is 21.1 Å². The van der Waals surface area contributed by atoms with E-state index >= 15 is 0 Å². The first kappa shape index (κ1) is 21.3. The Hall–Kier alpha value is -2.40. The summed E-state index contributed by atoms with van der Waals surface area (Å²) >= 11 is 6.20. The fraction of sp³-hybridized carbons (Fsp3) is 0.435. The molecule has 5 nitrogen and oxygen atoms in total. The SMILES string of the molecule is CCCOc1ccccc1OCC(=O)Nc1cc(Cl)ccc1N1CCCCCC1. The summed E-state index contributed by atoms with van der Waals surface area (Å²) in [5, 5.41) is 3.57. The van der Waals surface area contributed by atoms with Gasteiger partial charge in [0, 0.05) is 18.1 Å². The summed E-state index contributed by atoms with van der Waals surface area (Å²) in [4.78, 5) is 14.9. The molecular weight excluding hydrogens is 388 g/mol. The van der Waals surface area contributed by atoms with Crippen molar-refractivity contribution >= 4 is 28.9 Å². The molecule has 0 saturated carbocycles. The van der Waals surface area contributed by atoms with Gasteiger partial charge >= 0.3 is 0 Å². The molecule has 0 spiro atoms. The number of hydrogen-bond acceptors (Lipinski definition) is 4. The minimum Gasteiger partial charge on any atom is -0.490 e. The molecule has 0 radical (unpaired) electrons. The third kappa shape index (κ3) is 6.29. The first-order chi connectivity index (χ1) is 14.2. The van der Waals surface area contributed by atoms with Crippen molar-refractivity contribution < 1.29 is 14.3 Å². The first-order valence-electron chi connectivity index (χ1n) is 10.4. The number of carbonyl (C=O) groups is 1. The molecule has 2 aromatic carbocycles. The molecule has 1 heterocycles. The van der Waals surface area contributed by atoms with Crippen LogP contribution >= 0.6 is 11.6 Å². The van der Waals surface area contributed by atoms with E-state index in [0.717, 1.165) is 43.7 Å². The number of carbonyl (C=O) groups excluding carboxylic acids is 1. The molecule has 1 saturated heterocycles. The van der Waals surface area contributed by atoms with Crippen LogP contribution in [0.4, 0.5) is 11.4 Å². The van der Waals surface area contributed by atoms with Gasteiger partial charge in [0.2, 0.25) is 0 Å². The van der Waals surface area contributed by atoms with Crippen LogP contribution in [0.3, 0.4) is 0 Å². The van der Waals surface area contributed by atoms with Crippen LogP contribution < -0.4 is 19.7 Å². The molecule has 0 aromatic heterocycles. The Kier molecular flexibility index (Phi) is 8.05. The summed E-state index contributed by atoms with van der Waals surface area (Å²) in [5.41, 5.74) is 1.74. The van der Waals surface area contributed by atoms with Gasteiger partial charge in [-0.05, 0) is 49.6 Å². The number of rotatable bonds is 8. The van der Waals surface area contributed by atoms with Crippen LogP contribution in [0.15, 0.2) is 42.5 Å². The van der Waals surface area contributed by atoms with Crippen LogP contribution in [0.25, 0.3) is 0 Å². The Morgan fingerprint density at radius 1 is 1.03 bits per heavy atom. The third-order valence-corrected chi connectivity index (χ3v) is 5.08. The molecule has 1 fully saturated rings. The molecule has 0 aliphatic carbocycles. The standard InChI is InChI=1S/C23H29ClN2O3/c1-2-15-28-21-9-5-6-10-22(21)29-17-23(27)25-19-16-18(24)11-12-20(19)26-13-7-3-4-8-14-26/h5-6,9-12,16H,2-4,7-8,13-15,17H2,1H3,(H,25,27). The molecule has 1 N–H and O–H groups in total. The summed E-state index contributed by atoms with van der Waals surface area (Å²) in [5.74, 6) is 0.985. The zero-order valence-corrected chi connectivity index (χ0v) is 17.7. The lowest BCUT2D eigenvalue weighted by Crippen LogP contribution is -2.27. The molecule has 0 bridgehead atoms. The summed E-state index contributed by atoms with van der Waals surface area (Å²) in [6, 6.07) is 13.1. The lowest BCUT2D eigenvalue weighted by Gasteiger charge is -2.25. The number of hydrogen-bond donors (Lipinski definition) is 1. The number of benzene rings is 2. The first-order valence-corrected chi connectivity index (χ1v) is 10.7. The quantitative estimate of drug-likeness (QED) is 0.615. The molecule has 2 aromatic rings. The molecule has 0 unspecified atom stereocenters. The van der Waals surface area contributed by atoms with Crippen molar-refractivity contribution in [2.75, 3.05) is 36.5 Å². The fourth-order valence-corrected chi connectivity index (χ4v) is 3.60. The Morgan fingerprint density at radius 3 is 2.41 bits per heavy atom. The number of halogens is 1. The minimum atomic E-state index is -0.228. The lowest BCUT2D eigenvalue weighted by atomic mass is 10.2. The largest absolute Gasteiger partial charge is 0.490 e. The average Bonchev–Trinajstić information content (AvgIpc) is 3.01. The summed E-state index contributed by atoms with van der Waals surface area (Å²) in [6.45, 7) is 4.53. The maximum absolute atomic E-state index is 12.6. The normalized spacial score (nSPS) is 14.2. The van der Waals surface area contributed by atoms with Crippen LogP contribution in [-0.2, 0) is 4.79 Å². The predicted molar refractivity (Wildman–Crippen MR) is 118 cm³/mol. The molecule has 1 amide bonds. The van der Waals surface area contributed by atoms with Crippen molar-refractivity contribution in [3.8, 4) is 11.5 Å². The second kappa shape index (κ2) is 11.0. The van der Waals surface area contributed by atoms with Crippen LogP contribution in [0.2, 0.25) is 5.02 Å². The van der Waals surface area contributed by atoms with Gasteiger partial charge in [0.05, 0.1) is 18.0 Å². The third-order valence-electron chi connectivity index (χ3n) is 4.85. The fourth-order valence-electron chi connectivity index (χ4n) is 3.43. The van der Waals surface area contributed by atoms with Gasteiger partial charge in [-0.25, -0.2) is 0 Å². The Balaban J connectivity index is 1.66. The van der Waals surface area contributed by atoms with Crippen LogP contribution in [0.1, 0.15) is 39.0 Å². The molecule has 1 aliphatic rings.